The van der Waals surface area contributed by atoms with E-state index in [0.29, 0.717) is 36.7 Å². The number of aromatic amines is 1. The first kappa shape index (κ1) is 28.9. The molecule has 11 heteroatoms. The molecule has 5 aromatic rings. The molecule has 3 aromatic carbocycles. The van der Waals surface area contributed by atoms with E-state index in [4.69, 9.17) is 19.6 Å². The average Bonchev–Trinajstić information content (AvgIpc) is 3.68. The number of benzene rings is 3. The Bertz CT molecular complexity index is 1700. The van der Waals surface area contributed by atoms with Crippen LogP contribution in [0.1, 0.15) is 22.3 Å². The van der Waals surface area contributed by atoms with Crippen molar-refractivity contribution in [2.75, 3.05) is 57.2 Å². The van der Waals surface area contributed by atoms with Crippen LogP contribution >= 0.6 is 0 Å². The Labute approximate surface area is 255 Å². The van der Waals surface area contributed by atoms with E-state index in [0.717, 1.165) is 59.9 Å². The van der Waals surface area contributed by atoms with Gasteiger partial charge in [0.1, 0.15) is 11.4 Å². The molecule has 0 aliphatic carbocycles. The molecule has 1 fully saturated rings. The van der Waals surface area contributed by atoms with Crippen LogP contribution in [0.3, 0.4) is 0 Å². The molecule has 44 heavy (non-hydrogen) atoms. The first-order chi connectivity index (χ1) is 21.5. The number of fused-ring (bicyclic) bond motifs is 1. The Morgan fingerprint density at radius 2 is 1.68 bits per heavy atom. The van der Waals surface area contributed by atoms with Gasteiger partial charge in [0, 0.05) is 50.0 Å². The van der Waals surface area contributed by atoms with Gasteiger partial charge in [-0.15, -0.1) is 0 Å². The van der Waals surface area contributed by atoms with Gasteiger partial charge < -0.3 is 24.7 Å². The number of para-hydroxylation sites is 2. The number of esters is 1. The molecule has 226 valence electrons. The molecule has 11 nitrogen and oxygen atoms in total. The van der Waals surface area contributed by atoms with E-state index in [1.165, 1.54) is 7.11 Å². The minimum atomic E-state index is -0.241. The zero-order valence-electron chi connectivity index (χ0n) is 24.8. The highest BCUT2D eigenvalue weighted by molar-refractivity contribution is 6.04. The Hall–Kier alpha value is -5.16. The lowest BCUT2D eigenvalue weighted by molar-refractivity contribution is -0.141. The zero-order valence-corrected chi connectivity index (χ0v) is 24.8. The number of aromatic nitrogens is 4. The summed E-state index contributed by atoms with van der Waals surface area (Å²) < 4.78 is 11.9. The van der Waals surface area contributed by atoms with Crippen LogP contribution in [0, 0.1) is 0 Å². The number of amides is 1. The van der Waals surface area contributed by atoms with E-state index in [-0.39, 0.29) is 11.9 Å². The fraction of sp³-hybridized carbons (Fsp3) is 0.273. The van der Waals surface area contributed by atoms with Gasteiger partial charge in [0.15, 0.2) is 11.6 Å². The molecule has 0 bridgehead atoms. The van der Waals surface area contributed by atoms with Crippen molar-refractivity contribution >= 4 is 34.4 Å². The smallest absolute Gasteiger partial charge is 0.306 e. The van der Waals surface area contributed by atoms with Gasteiger partial charge in [-0.25, -0.2) is 4.98 Å². The second-order valence-corrected chi connectivity index (χ2v) is 10.7. The third-order valence-corrected chi connectivity index (χ3v) is 7.87. The highest BCUT2D eigenvalue weighted by Crippen LogP contribution is 2.25. The molecule has 0 atom stereocenters. The van der Waals surface area contributed by atoms with Gasteiger partial charge in [-0.1, -0.05) is 24.3 Å². The maximum atomic E-state index is 13.3. The van der Waals surface area contributed by atoms with Crippen LogP contribution in [0.15, 0.2) is 78.9 Å². The van der Waals surface area contributed by atoms with Gasteiger partial charge in [-0.3, -0.25) is 19.2 Å². The summed E-state index contributed by atoms with van der Waals surface area (Å²) in [6, 6.07) is 25.1. The van der Waals surface area contributed by atoms with Crippen molar-refractivity contribution in [1.82, 2.24) is 24.6 Å². The number of nitrogens with one attached hydrogen (secondary N) is 2. The highest BCUT2D eigenvalue weighted by atomic mass is 16.5. The van der Waals surface area contributed by atoms with Gasteiger partial charge in [0.2, 0.25) is 0 Å². The van der Waals surface area contributed by atoms with Crippen molar-refractivity contribution in [3.05, 3.63) is 90.0 Å². The molecule has 0 unspecified atom stereocenters. The molecule has 1 aliphatic rings. The third kappa shape index (κ3) is 6.57. The predicted octanol–water partition coefficient (Wildman–Crippen LogP) is 4.42. The minimum Gasteiger partial charge on any atom is -0.497 e. The fourth-order valence-electron chi connectivity index (χ4n) is 5.36. The van der Waals surface area contributed by atoms with Crippen LogP contribution in [0.2, 0.25) is 0 Å². The van der Waals surface area contributed by atoms with Crippen LogP contribution in [-0.2, 0) is 16.1 Å². The van der Waals surface area contributed by atoms with Crippen molar-refractivity contribution < 1.29 is 19.1 Å². The topological polar surface area (TPSA) is 118 Å². The first-order valence-electron chi connectivity index (χ1n) is 14.6. The number of ether oxygens (including phenoxy) is 2. The lowest BCUT2D eigenvalue weighted by Crippen LogP contribution is -2.47. The zero-order chi connectivity index (χ0) is 30.5. The van der Waals surface area contributed by atoms with Crippen LogP contribution in [0.5, 0.6) is 5.75 Å². The van der Waals surface area contributed by atoms with Crippen molar-refractivity contribution in [2.24, 2.45) is 0 Å². The van der Waals surface area contributed by atoms with Crippen LogP contribution in [0.25, 0.3) is 22.6 Å². The van der Waals surface area contributed by atoms with Crippen LogP contribution in [0.4, 0.5) is 11.5 Å². The molecule has 0 saturated carbocycles. The second kappa shape index (κ2) is 13.0. The summed E-state index contributed by atoms with van der Waals surface area (Å²) in [5, 5.41) is 7.71. The molecule has 3 heterocycles. The Morgan fingerprint density at radius 1 is 0.932 bits per heavy atom. The van der Waals surface area contributed by atoms with E-state index in [9.17, 15) is 9.59 Å². The van der Waals surface area contributed by atoms with E-state index in [1.54, 1.807) is 7.11 Å². The fourth-order valence-corrected chi connectivity index (χ4v) is 5.36. The van der Waals surface area contributed by atoms with Gasteiger partial charge in [0.05, 0.1) is 38.2 Å². The number of H-pyrrole nitrogens is 1. The van der Waals surface area contributed by atoms with E-state index in [2.05, 4.69) is 20.1 Å². The molecule has 0 spiro atoms. The number of hydrogen-bond donors (Lipinski definition) is 2. The molecular formula is C33H35N7O4. The summed E-state index contributed by atoms with van der Waals surface area (Å²) in [4.78, 5) is 37.4. The van der Waals surface area contributed by atoms with Crippen molar-refractivity contribution in [3.8, 4) is 17.3 Å². The van der Waals surface area contributed by atoms with E-state index >= 15 is 0 Å². The monoisotopic (exact) mass is 593 g/mol. The summed E-state index contributed by atoms with van der Waals surface area (Å²) in [6.07, 6.45) is 0.403. The third-order valence-electron chi connectivity index (χ3n) is 7.87. The molecule has 1 aliphatic heterocycles. The number of nitrogens with zero attached hydrogens (tertiary/aromatic N) is 5. The quantitative estimate of drug-likeness (QED) is 0.229. The number of methoxy groups -OCH3 is 2. The number of piperazine rings is 1. The Kier molecular flexibility index (Phi) is 8.55. The van der Waals surface area contributed by atoms with Gasteiger partial charge in [0.25, 0.3) is 5.91 Å². The molecule has 6 rings (SSSR count). The molecular weight excluding hydrogens is 558 g/mol. The number of carbonyl (C=O) groups is 2. The lowest BCUT2D eigenvalue weighted by atomic mass is 10.1. The van der Waals surface area contributed by atoms with Gasteiger partial charge in [-0.05, 0) is 54.1 Å². The van der Waals surface area contributed by atoms with E-state index < -0.39 is 0 Å². The minimum absolute atomic E-state index is 0.184. The molecule has 1 amide bonds. The normalized spacial score (nSPS) is 13.6. The summed E-state index contributed by atoms with van der Waals surface area (Å²) >= 11 is 0. The van der Waals surface area contributed by atoms with Crippen LogP contribution < -0.4 is 15.0 Å². The highest BCUT2D eigenvalue weighted by Gasteiger charge is 2.20. The first-order valence-corrected chi connectivity index (χ1v) is 14.6. The predicted molar refractivity (Wildman–Crippen MR) is 169 cm³/mol. The summed E-state index contributed by atoms with van der Waals surface area (Å²) in [7, 11) is 3.06. The number of rotatable bonds is 10. The van der Waals surface area contributed by atoms with Crippen molar-refractivity contribution in [3.63, 3.8) is 0 Å². The molecule has 2 N–H and O–H groups in total. The standard InChI is InChI=1S/C33H35N7O4/c1-43-26-13-7-23(8-14-26)22-40-29(32-34-27-5-3-4-6-28(27)35-32)21-30(37-40)36-33(42)24-9-11-25(12-10-24)39-19-17-38(18-20-39)16-15-31(41)44-2/h3-14,21H,15-20,22H2,1-2H3,(H,34,35)(H,36,37,42). The van der Waals surface area contributed by atoms with Gasteiger partial charge in [-0.2, -0.15) is 5.10 Å². The molecule has 0 radical (unpaired) electrons. The van der Waals surface area contributed by atoms with Gasteiger partial charge >= 0.3 is 5.97 Å². The Balaban J connectivity index is 1.15. The number of anilines is 2. The second-order valence-electron chi connectivity index (χ2n) is 10.7. The van der Waals surface area contributed by atoms with Crippen molar-refractivity contribution in [1.29, 1.82) is 0 Å². The maximum Gasteiger partial charge on any atom is 0.306 e. The SMILES string of the molecule is COC(=O)CCN1CCN(c2ccc(C(=O)Nc3cc(-c4nc5ccccc5[nH]4)n(Cc4ccc(OC)cc4)n3)cc2)CC1. The number of hydrogen-bond acceptors (Lipinski definition) is 8. The summed E-state index contributed by atoms with van der Waals surface area (Å²) in [6.45, 7) is 4.62. The average molecular weight is 594 g/mol. The van der Waals surface area contributed by atoms with E-state index in [1.807, 2.05) is 83.5 Å². The largest absolute Gasteiger partial charge is 0.497 e. The van der Waals surface area contributed by atoms with Crippen LogP contribution in [-0.4, -0.2) is 83.5 Å². The number of carbonyl (C=O) groups excluding carboxylic acids is 2. The summed E-state index contributed by atoms with van der Waals surface area (Å²) in [5.41, 5.74) is 5.17. The number of imidazole rings is 1. The summed E-state index contributed by atoms with van der Waals surface area (Å²) in [5.74, 6) is 1.46. The van der Waals surface area contributed by atoms with Crippen molar-refractivity contribution in [2.45, 2.75) is 13.0 Å². The molecule has 1 saturated heterocycles. The molecule has 2 aromatic heterocycles. The Morgan fingerprint density at radius 3 is 2.39 bits per heavy atom. The maximum absolute atomic E-state index is 13.3. The lowest BCUT2D eigenvalue weighted by Gasteiger charge is -2.36.